The van der Waals surface area contributed by atoms with Crippen LogP contribution in [-0.2, 0) is 6.42 Å². The third-order valence-corrected chi connectivity index (χ3v) is 3.70. The second-order valence-corrected chi connectivity index (χ2v) is 5.75. The minimum Gasteiger partial charge on any atom is -0.395 e. The number of aromatic amines is 1. The molecule has 0 spiro atoms. The molecule has 0 fully saturated rings. The van der Waals surface area contributed by atoms with Crippen LogP contribution < -0.4 is 11.1 Å². The maximum atomic E-state index is 12.0. The Hall–Kier alpha value is -1.56. The topological polar surface area (TPSA) is 87.0 Å². The molecule has 0 unspecified atom stereocenters. The first-order valence-electron chi connectivity index (χ1n) is 7.78. The molecule has 1 amide bonds. The largest absolute Gasteiger partial charge is 0.395 e. The van der Waals surface area contributed by atoms with Crippen LogP contribution in [0.3, 0.4) is 0 Å². The highest BCUT2D eigenvalue weighted by Gasteiger charge is 2.16. The van der Waals surface area contributed by atoms with Gasteiger partial charge in [-0.2, -0.15) is 5.10 Å². The van der Waals surface area contributed by atoms with Crippen molar-refractivity contribution in [1.29, 1.82) is 0 Å². The van der Waals surface area contributed by atoms with Gasteiger partial charge in [-0.25, -0.2) is 0 Å². The molecule has 4 N–H and O–H groups in total. The van der Waals surface area contributed by atoms with E-state index in [1.807, 2.05) is 0 Å². The highest BCUT2D eigenvalue weighted by atomic mass is 16.1. The van der Waals surface area contributed by atoms with E-state index in [0.717, 1.165) is 37.9 Å². The van der Waals surface area contributed by atoms with Gasteiger partial charge >= 0.3 is 0 Å². The maximum Gasteiger partial charge on any atom is 0.273 e. The molecule has 1 heterocycles. The first-order chi connectivity index (χ1) is 9.97. The molecule has 1 aromatic rings. The van der Waals surface area contributed by atoms with Crippen molar-refractivity contribution >= 4 is 11.6 Å². The standard InChI is InChI=1S/C15H29N5O/c1-5-8-12-13(16)14(19-18-12)15(21)17-9-6-7-10-20(4)11(2)3/h11H,5-10,16H2,1-4H3,(H,17,21)(H,18,19). The van der Waals surface area contributed by atoms with Crippen LogP contribution in [0.2, 0.25) is 0 Å². The second-order valence-electron chi connectivity index (χ2n) is 5.75. The number of rotatable bonds is 9. The lowest BCUT2D eigenvalue weighted by Gasteiger charge is -2.20. The van der Waals surface area contributed by atoms with E-state index in [1.165, 1.54) is 0 Å². The number of H-pyrrole nitrogens is 1. The summed E-state index contributed by atoms with van der Waals surface area (Å²) in [6, 6.07) is 0.556. The number of nitrogens with two attached hydrogens (primary N) is 1. The Labute approximate surface area is 127 Å². The van der Waals surface area contributed by atoms with Crippen molar-refractivity contribution in [2.24, 2.45) is 0 Å². The molecule has 6 nitrogen and oxygen atoms in total. The molecule has 120 valence electrons. The van der Waals surface area contributed by atoms with Crippen LogP contribution in [-0.4, -0.2) is 47.2 Å². The number of aryl methyl sites for hydroxylation is 1. The van der Waals surface area contributed by atoms with Crippen LogP contribution in [0.4, 0.5) is 5.69 Å². The Morgan fingerprint density at radius 3 is 2.76 bits per heavy atom. The van der Waals surface area contributed by atoms with Crippen LogP contribution in [0.15, 0.2) is 0 Å². The highest BCUT2D eigenvalue weighted by molar-refractivity contribution is 5.97. The fourth-order valence-corrected chi connectivity index (χ4v) is 2.03. The molecule has 1 rings (SSSR count). The summed E-state index contributed by atoms with van der Waals surface area (Å²) in [5.41, 5.74) is 7.58. The van der Waals surface area contributed by atoms with Crippen LogP contribution in [0, 0.1) is 0 Å². The monoisotopic (exact) mass is 295 g/mol. The summed E-state index contributed by atoms with van der Waals surface area (Å²) in [5, 5.41) is 9.73. The molecule has 21 heavy (non-hydrogen) atoms. The summed E-state index contributed by atoms with van der Waals surface area (Å²) in [6.45, 7) is 8.11. The van der Waals surface area contributed by atoms with Crippen molar-refractivity contribution in [3.63, 3.8) is 0 Å². The third-order valence-electron chi connectivity index (χ3n) is 3.70. The van der Waals surface area contributed by atoms with Crippen LogP contribution in [0.5, 0.6) is 0 Å². The lowest BCUT2D eigenvalue weighted by molar-refractivity contribution is 0.0948. The average Bonchev–Trinajstić information content (AvgIpc) is 2.80. The molecule has 0 saturated heterocycles. The molecule has 0 radical (unpaired) electrons. The molecule has 0 atom stereocenters. The van der Waals surface area contributed by atoms with Crippen LogP contribution >= 0.6 is 0 Å². The number of carbonyl (C=O) groups excluding carboxylic acids is 1. The zero-order valence-corrected chi connectivity index (χ0v) is 13.7. The predicted molar refractivity (Wildman–Crippen MR) is 86.3 cm³/mol. The van der Waals surface area contributed by atoms with Gasteiger partial charge < -0.3 is 16.0 Å². The quantitative estimate of drug-likeness (QED) is 0.606. The van der Waals surface area contributed by atoms with Crippen LogP contribution in [0.1, 0.15) is 56.2 Å². The van der Waals surface area contributed by atoms with Crippen molar-refractivity contribution < 1.29 is 4.79 Å². The molecule has 0 aromatic carbocycles. The Morgan fingerprint density at radius 1 is 1.43 bits per heavy atom. The summed E-state index contributed by atoms with van der Waals surface area (Å²) in [7, 11) is 2.11. The highest BCUT2D eigenvalue weighted by Crippen LogP contribution is 2.15. The molecular weight excluding hydrogens is 266 g/mol. The van der Waals surface area contributed by atoms with E-state index in [-0.39, 0.29) is 5.91 Å². The molecule has 1 aromatic heterocycles. The number of hydrogen-bond donors (Lipinski definition) is 3. The van der Waals surface area contributed by atoms with Gasteiger partial charge in [0.25, 0.3) is 5.91 Å². The molecule has 0 aliphatic heterocycles. The number of nitrogens with one attached hydrogen (secondary N) is 2. The van der Waals surface area contributed by atoms with Gasteiger partial charge in [0.2, 0.25) is 0 Å². The number of aromatic nitrogens is 2. The number of carbonyl (C=O) groups is 1. The minimum atomic E-state index is -0.191. The molecule has 0 bridgehead atoms. The number of nitrogen functional groups attached to an aromatic ring is 1. The normalized spacial score (nSPS) is 11.3. The first-order valence-corrected chi connectivity index (χ1v) is 7.78. The Morgan fingerprint density at radius 2 is 2.14 bits per heavy atom. The summed E-state index contributed by atoms with van der Waals surface area (Å²) >= 11 is 0. The maximum absolute atomic E-state index is 12.0. The van der Waals surface area contributed by atoms with Gasteiger partial charge in [0.1, 0.15) is 0 Å². The molecular formula is C15H29N5O. The number of hydrogen-bond acceptors (Lipinski definition) is 4. The summed E-state index contributed by atoms with van der Waals surface area (Å²) in [6.07, 6.45) is 3.80. The fraction of sp³-hybridized carbons (Fsp3) is 0.733. The van der Waals surface area contributed by atoms with Gasteiger partial charge in [-0.3, -0.25) is 9.89 Å². The summed E-state index contributed by atoms with van der Waals surface area (Å²) in [4.78, 5) is 14.3. The Bertz CT molecular complexity index is 441. The predicted octanol–water partition coefficient (Wildman–Crippen LogP) is 1.79. The Kier molecular flexibility index (Phi) is 7.22. The van der Waals surface area contributed by atoms with Crippen molar-refractivity contribution in [1.82, 2.24) is 20.4 Å². The molecule has 0 aliphatic rings. The van der Waals surface area contributed by atoms with Gasteiger partial charge in [0, 0.05) is 12.6 Å². The van der Waals surface area contributed by atoms with Gasteiger partial charge in [0.05, 0.1) is 11.4 Å². The molecule has 0 aliphatic carbocycles. The molecule has 6 heteroatoms. The second kappa shape index (κ2) is 8.67. The lowest BCUT2D eigenvalue weighted by atomic mass is 10.2. The third kappa shape index (κ3) is 5.38. The van der Waals surface area contributed by atoms with E-state index >= 15 is 0 Å². The molecule has 0 saturated carbocycles. The minimum absolute atomic E-state index is 0.191. The first kappa shape index (κ1) is 17.5. The van der Waals surface area contributed by atoms with Crippen molar-refractivity contribution in [3.8, 4) is 0 Å². The lowest BCUT2D eigenvalue weighted by Crippen LogP contribution is -2.29. The fourth-order valence-electron chi connectivity index (χ4n) is 2.03. The Balaban J connectivity index is 2.31. The van der Waals surface area contributed by atoms with Crippen LogP contribution in [0.25, 0.3) is 0 Å². The van der Waals surface area contributed by atoms with Crippen molar-refractivity contribution in [3.05, 3.63) is 11.4 Å². The van der Waals surface area contributed by atoms with Gasteiger partial charge in [-0.05, 0) is 46.7 Å². The van der Waals surface area contributed by atoms with E-state index in [0.29, 0.717) is 24.0 Å². The summed E-state index contributed by atoms with van der Waals surface area (Å²) in [5.74, 6) is -0.191. The number of anilines is 1. The van der Waals surface area contributed by atoms with E-state index in [4.69, 9.17) is 5.73 Å². The van der Waals surface area contributed by atoms with Crippen molar-refractivity contribution in [2.45, 2.75) is 52.5 Å². The van der Waals surface area contributed by atoms with E-state index < -0.39 is 0 Å². The number of unbranched alkanes of at least 4 members (excludes halogenated alkanes) is 1. The summed E-state index contributed by atoms with van der Waals surface area (Å²) < 4.78 is 0. The van der Waals surface area contributed by atoms with E-state index in [1.54, 1.807) is 0 Å². The zero-order chi connectivity index (χ0) is 15.8. The smallest absolute Gasteiger partial charge is 0.273 e. The van der Waals surface area contributed by atoms with Gasteiger partial charge in [0.15, 0.2) is 5.69 Å². The SMILES string of the molecule is CCCc1[nH]nc(C(=O)NCCCCN(C)C(C)C)c1N. The zero-order valence-electron chi connectivity index (χ0n) is 13.7. The van der Waals surface area contributed by atoms with Gasteiger partial charge in [-0.15, -0.1) is 0 Å². The number of nitrogens with zero attached hydrogens (tertiary/aromatic N) is 2. The van der Waals surface area contributed by atoms with E-state index in [9.17, 15) is 4.79 Å². The van der Waals surface area contributed by atoms with E-state index in [2.05, 4.69) is 48.2 Å². The van der Waals surface area contributed by atoms with Crippen molar-refractivity contribution in [2.75, 3.05) is 25.9 Å². The van der Waals surface area contributed by atoms with Gasteiger partial charge in [-0.1, -0.05) is 13.3 Å². The number of amides is 1. The average molecular weight is 295 g/mol.